The Morgan fingerprint density at radius 1 is 1.13 bits per heavy atom. The molecular formula is C34H34BrF3N6OS. The van der Waals surface area contributed by atoms with Crippen molar-refractivity contribution in [2.75, 3.05) is 5.32 Å². The highest BCUT2D eigenvalue weighted by Gasteiger charge is 2.38. The number of halogens is 4. The Labute approximate surface area is 280 Å². The molecule has 7 nitrogen and oxygen atoms in total. The summed E-state index contributed by atoms with van der Waals surface area (Å²) < 4.78 is 44.8. The molecule has 3 atom stereocenters. The third kappa shape index (κ3) is 8.81. The quantitative estimate of drug-likeness (QED) is 0.116. The van der Waals surface area contributed by atoms with Gasteiger partial charge in [0.05, 0.1) is 35.6 Å². The summed E-state index contributed by atoms with van der Waals surface area (Å²) in [6.07, 6.45) is -1.76. The molecule has 1 unspecified atom stereocenters. The van der Waals surface area contributed by atoms with Gasteiger partial charge in [-0.2, -0.15) is 18.4 Å². The number of Topliss-reactive ketones (excluding diaryl/α,β-unsaturated/α-hetero) is 1. The largest absolute Gasteiger partial charge is 0.416 e. The number of nitrogens with zero attached hydrogens (tertiary/aromatic N) is 4. The van der Waals surface area contributed by atoms with Gasteiger partial charge in [0.25, 0.3) is 0 Å². The minimum atomic E-state index is -4.59. The molecule has 1 aromatic heterocycles. The van der Waals surface area contributed by atoms with Crippen LogP contribution in [0.2, 0.25) is 0 Å². The van der Waals surface area contributed by atoms with Crippen LogP contribution in [-0.4, -0.2) is 31.5 Å². The Morgan fingerprint density at radius 2 is 1.80 bits per heavy atom. The third-order valence-electron chi connectivity index (χ3n) is 7.97. The van der Waals surface area contributed by atoms with Crippen LogP contribution in [0.5, 0.6) is 0 Å². The highest BCUT2D eigenvalue weighted by Crippen LogP contribution is 2.33. The summed E-state index contributed by atoms with van der Waals surface area (Å²) in [6, 6.07) is 21.7. The zero-order valence-electron chi connectivity index (χ0n) is 25.3. The lowest BCUT2D eigenvalue weighted by Crippen LogP contribution is -2.55. The zero-order chi connectivity index (χ0) is 33.4. The van der Waals surface area contributed by atoms with E-state index in [1.165, 1.54) is 23.1 Å². The molecule has 0 aliphatic heterocycles. The predicted octanol–water partition coefficient (Wildman–Crippen LogP) is 7.54. The van der Waals surface area contributed by atoms with E-state index in [0.717, 1.165) is 16.1 Å². The van der Waals surface area contributed by atoms with Crippen molar-refractivity contribution in [3.05, 3.63) is 118 Å². The number of alkyl halides is 3. The molecule has 12 heteroatoms. The van der Waals surface area contributed by atoms with Gasteiger partial charge in [-0.15, -0.1) is 0 Å². The van der Waals surface area contributed by atoms with Crippen LogP contribution >= 0.6 is 28.1 Å². The maximum absolute atomic E-state index is 14.1. The monoisotopic (exact) mass is 710 g/mol. The van der Waals surface area contributed by atoms with Gasteiger partial charge in [-0.05, 0) is 71.7 Å². The fourth-order valence-corrected chi connectivity index (χ4v) is 5.84. The summed E-state index contributed by atoms with van der Waals surface area (Å²) in [4.78, 5) is 19.8. The van der Waals surface area contributed by atoms with Crippen molar-refractivity contribution in [2.45, 2.75) is 52.1 Å². The van der Waals surface area contributed by atoms with Gasteiger partial charge in [0, 0.05) is 41.6 Å². The number of anilines is 1. The number of nitriles is 1. The van der Waals surface area contributed by atoms with Crippen LogP contribution in [0.25, 0.3) is 0 Å². The Balaban J connectivity index is 1.65. The second-order valence-corrected chi connectivity index (χ2v) is 12.4. The lowest BCUT2D eigenvalue weighted by molar-refractivity contribution is -0.138. The highest BCUT2D eigenvalue weighted by molar-refractivity contribution is 9.10. The smallest absolute Gasteiger partial charge is 0.333 e. The summed E-state index contributed by atoms with van der Waals surface area (Å²) in [5.41, 5.74) is 8.84. The van der Waals surface area contributed by atoms with E-state index in [1.54, 1.807) is 48.9 Å². The molecule has 3 aromatic carbocycles. The highest BCUT2D eigenvalue weighted by atomic mass is 79.9. The second kappa shape index (κ2) is 15.5. The molecule has 0 saturated carbocycles. The van der Waals surface area contributed by atoms with E-state index < -0.39 is 23.8 Å². The molecule has 4 rings (SSSR count). The molecule has 4 aromatic rings. The first kappa shape index (κ1) is 34.8. The molecule has 240 valence electrons. The number of ketones is 1. The Morgan fingerprint density at radius 3 is 2.43 bits per heavy atom. The molecular weight excluding hydrogens is 677 g/mol. The molecule has 0 saturated heterocycles. The van der Waals surface area contributed by atoms with Crippen LogP contribution in [0, 0.1) is 23.2 Å². The van der Waals surface area contributed by atoms with Gasteiger partial charge in [-0.25, -0.2) is 4.98 Å². The lowest BCUT2D eigenvalue weighted by atomic mass is 9.83. The number of nitrogens with one attached hydrogen (secondary N) is 1. The Kier molecular flexibility index (Phi) is 11.7. The maximum Gasteiger partial charge on any atom is 0.416 e. The number of carbonyl (C=O) groups is 1. The fraction of sp³-hybridized carbons (Fsp3) is 0.294. The standard InChI is InChI=1S/C34H34BrF3N6OS/c1-3-22(2)31(30(45)16-28-18-41-21-43(28)19-24-10-8-23(17-39)9-11-24)32(40)44(33(46)42-27-14-12-26(35)13-15-27)20-25-6-4-5-7-29(25)34(36,37)38/h4-15,18,21-22,31-32H,3,16,19-20,40H2,1-2H3,(H,42,46)/t22-,31+,32?/m0/s1. The fourth-order valence-electron chi connectivity index (χ4n) is 5.27. The molecule has 1 heterocycles. The van der Waals surface area contributed by atoms with Crippen LogP contribution in [-0.2, 0) is 30.5 Å². The first-order valence-electron chi connectivity index (χ1n) is 14.7. The number of hydrogen-bond acceptors (Lipinski definition) is 5. The summed E-state index contributed by atoms with van der Waals surface area (Å²) in [7, 11) is 0. The number of aromatic nitrogens is 2. The molecule has 0 amide bonds. The zero-order valence-corrected chi connectivity index (χ0v) is 27.7. The van der Waals surface area contributed by atoms with Crippen molar-refractivity contribution < 1.29 is 18.0 Å². The minimum absolute atomic E-state index is 0.0127. The van der Waals surface area contributed by atoms with E-state index in [4.69, 9.17) is 23.2 Å². The van der Waals surface area contributed by atoms with Gasteiger partial charge in [0.2, 0.25) is 0 Å². The average Bonchev–Trinajstić information content (AvgIpc) is 3.46. The number of carbonyl (C=O) groups excluding carboxylic acids is 1. The molecule has 0 radical (unpaired) electrons. The first-order valence-corrected chi connectivity index (χ1v) is 15.9. The number of thiocarbonyl (C=S) groups is 1. The van der Waals surface area contributed by atoms with E-state index in [9.17, 15) is 18.0 Å². The number of benzene rings is 3. The normalized spacial score (nSPS) is 13.3. The van der Waals surface area contributed by atoms with Crippen molar-refractivity contribution in [1.82, 2.24) is 14.5 Å². The topological polar surface area (TPSA) is 100.0 Å². The Hall–Kier alpha value is -4.05. The van der Waals surface area contributed by atoms with E-state index in [1.807, 2.05) is 30.5 Å². The first-order chi connectivity index (χ1) is 21.9. The van der Waals surface area contributed by atoms with Gasteiger partial charge < -0.3 is 20.5 Å². The number of rotatable bonds is 12. The van der Waals surface area contributed by atoms with Gasteiger partial charge in [0.1, 0.15) is 5.78 Å². The van der Waals surface area contributed by atoms with Gasteiger partial charge in [0.15, 0.2) is 5.11 Å². The van der Waals surface area contributed by atoms with Crippen molar-refractivity contribution in [3.8, 4) is 6.07 Å². The SMILES string of the molecule is CC[C@H](C)[C@H](C(=O)Cc1cncn1Cc1ccc(C#N)cc1)C(N)N(Cc1ccccc1C(F)(F)F)C(=S)Nc1ccc(Br)cc1. The molecule has 0 aliphatic rings. The number of nitrogens with two attached hydrogens (primary N) is 1. The molecule has 46 heavy (non-hydrogen) atoms. The van der Waals surface area contributed by atoms with E-state index in [2.05, 4.69) is 32.3 Å². The molecule has 0 aliphatic carbocycles. The van der Waals surface area contributed by atoms with E-state index in [-0.39, 0.29) is 35.3 Å². The number of hydrogen-bond donors (Lipinski definition) is 2. The van der Waals surface area contributed by atoms with Crippen LogP contribution in [0.15, 0.2) is 89.8 Å². The molecule has 0 fully saturated rings. The van der Waals surface area contributed by atoms with Crippen LogP contribution in [0.3, 0.4) is 0 Å². The maximum atomic E-state index is 14.1. The van der Waals surface area contributed by atoms with E-state index >= 15 is 0 Å². The van der Waals surface area contributed by atoms with Gasteiger partial charge >= 0.3 is 6.18 Å². The number of imidazole rings is 1. The second-order valence-electron chi connectivity index (χ2n) is 11.1. The van der Waals surface area contributed by atoms with Crippen molar-refractivity contribution in [2.24, 2.45) is 17.6 Å². The Bertz CT molecular complexity index is 1680. The van der Waals surface area contributed by atoms with Crippen molar-refractivity contribution in [1.29, 1.82) is 5.26 Å². The third-order valence-corrected chi connectivity index (χ3v) is 8.83. The van der Waals surface area contributed by atoms with Gasteiger partial charge in [-0.1, -0.05) is 66.5 Å². The van der Waals surface area contributed by atoms with Crippen LogP contribution in [0.4, 0.5) is 18.9 Å². The van der Waals surface area contributed by atoms with E-state index in [0.29, 0.717) is 29.9 Å². The van der Waals surface area contributed by atoms with Gasteiger partial charge in [-0.3, -0.25) is 4.79 Å². The predicted molar refractivity (Wildman–Crippen MR) is 179 cm³/mol. The lowest BCUT2D eigenvalue weighted by Gasteiger charge is -2.38. The summed E-state index contributed by atoms with van der Waals surface area (Å²) in [6.45, 7) is 4.02. The summed E-state index contributed by atoms with van der Waals surface area (Å²) >= 11 is 9.15. The van der Waals surface area contributed by atoms with Crippen molar-refractivity contribution in [3.63, 3.8) is 0 Å². The van der Waals surface area contributed by atoms with Crippen LogP contribution < -0.4 is 11.1 Å². The van der Waals surface area contributed by atoms with Crippen molar-refractivity contribution >= 4 is 44.7 Å². The summed E-state index contributed by atoms with van der Waals surface area (Å²) in [5, 5.41) is 12.3. The summed E-state index contributed by atoms with van der Waals surface area (Å²) in [5.74, 6) is -1.16. The minimum Gasteiger partial charge on any atom is -0.333 e. The molecule has 0 bridgehead atoms. The molecule has 0 spiro atoms. The average molecular weight is 712 g/mol. The van der Waals surface area contributed by atoms with Crippen LogP contribution in [0.1, 0.15) is 48.2 Å². The molecule has 3 N–H and O–H groups in total.